The van der Waals surface area contributed by atoms with Crippen molar-refractivity contribution in [1.29, 1.82) is 0 Å². The molecule has 1 aliphatic carbocycles. The molecular formula is C11H11FN2O4. The van der Waals surface area contributed by atoms with Crippen molar-refractivity contribution in [1.82, 2.24) is 0 Å². The summed E-state index contributed by atoms with van der Waals surface area (Å²) in [7, 11) is 0. The maximum atomic E-state index is 13.3. The molecule has 1 fully saturated rings. The summed E-state index contributed by atoms with van der Waals surface area (Å²) in [5, 5.41) is 19.4. The molecule has 1 aromatic rings. The lowest BCUT2D eigenvalue weighted by molar-refractivity contribution is -0.385. The van der Waals surface area contributed by atoms with Crippen LogP contribution in [0.4, 0.5) is 15.8 Å². The van der Waals surface area contributed by atoms with E-state index >= 15 is 0 Å². The molecule has 1 N–H and O–H groups in total. The first-order valence-electron chi connectivity index (χ1n) is 5.41. The lowest BCUT2D eigenvalue weighted by atomic mass is 10.2. The number of carboxylic acid groups (broad SMARTS) is 1. The van der Waals surface area contributed by atoms with Gasteiger partial charge in [-0.25, -0.2) is 4.39 Å². The second kappa shape index (κ2) is 4.59. The zero-order chi connectivity index (χ0) is 13.3. The summed E-state index contributed by atoms with van der Waals surface area (Å²) >= 11 is 0. The molecular weight excluding hydrogens is 243 g/mol. The van der Waals surface area contributed by atoms with Crippen molar-refractivity contribution in [3.05, 3.63) is 34.1 Å². The van der Waals surface area contributed by atoms with E-state index in [-0.39, 0.29) is 24.0 Å². The van der Waals surface area contributed by atoms with Crippen LogP contribution in [0.3, 0.4) is 0 Å². The van der Waals surface area contributed by atoms with Crippen LogP contribution in [0.2, 0.25) is 0 Å². The van der Waals surface area contributed by atoms with Gasteiger partial charge in [0.2, 0.25) is 0 Å². The van der Waals surface area contributed by atoms with E-state index in [1.54, 1.807) is 0 Å². The Labute approximate surface area is 102 Å². The van der Waals surface area contributed by atoms with Gasteiger partial charge < -0.3 is 10.0 Å². The number of nitro benzene ring substituents is 1. The molecule has 96 valence electrons. The van der Waals surface area contributed by atoms with Crippen molar-refractivity contribution in [3.8, 4) is 0 Å². The van der Waals surface area contributed by atoms with E-state index in [1.807, 2.05) is 0 Å². The summed E-state index contributed by atoms with van der Waals surface area (Å²) in [6.07, 6.45) is 1.63. The van der Waals surface area contributed by atoms with E-state index in [0.29, 0.717) is 0 Å². The smallest absolute Gasteiger partial charge is 0.323 e. The molecule has 7 heteroatoms. The van der Waals surface area contributed by atoms with E-state index in [9.17, 15) is 19.3 Å². The Balaban J connectivity index is 2.34. The average Bonchev–Trinajstić information content (AvgIpc) is 3.08. The van der Waals surface area contributed by atoms with Crippen LogP contribution in [0.25, 0.3) is 0 Å². The lowest BCUT2D eigenvalue weighted by Crippen LogP contribution is -2.31. The predicted molar refractivity (Wildman–Crippen MR) is 61.1 cm³/mol. The Morgan fingerprint density at radius 2 is 2.17 bits per heavy atom. The van der Waals surface area contributed by atoms with Crippen LogP contribution >= 0.6 is 0 Å². The maximum absolute atomic E-state index is 13.3. The summed E-state index contributed by atoms with van der Waals surface area (Å²) in [4.78, 5) is 22.2. The molecule has 1 aliphatic rings. The zero-order valence-corrected chi connectivity index (χ0v) is 9.38. The third-order valence-corrected chi connectivity index (χ3v) is 2.70. The van der Waals surface area contributed by atoms with Crippen molar-refractivity contribution in [3.63, 3.8) is 0 Å². The summed E-state index contributed by atoms with van der Waals surface area (Å²) in [6, 6.07) is 3.16. The van der Waals surface area contributed by atoms with Gasteiger partial charge in [0.25, 0.3) is 5.69 Å². The van der Waals surface area contributed by atoms with Gasteiger partial charge in [-0.2, -0.15) is 0 Å². The number of carboxylic acids is 1. The summed E-state index contributed by atoms with van der Waals surface area (Å²) < 4.78 is 13.3. The number of halogens is 1. The number of aliphatic carboxylic acids is 1. The molecule has 0 heterocycles. The third kappa shape index (κ3) is 2.73. The zero-order valence-electron chi connectivity index (χ0n) is 9.38. The topological polar surface area (TPSA) is 83.7 Å². The molecule has 0 amide bonds. The van der Waals surface area contributed by atoms with Gasteiger partial charge in [0.05, 0.1) is 11.0 Å². The number of hydrogen-bond acceptors (Lipinski definition) is 4. The molecule has 0 saturated heterocycles. The second-order valence-corrected chi connectivity index (χ2v) is 4.18. The van der Waals surface area contributed by atoms with Crippen LogP contribution in [-0.4, -0.2) is 28.6 Å². The molecule has 18 heavy (non-hydrogen) atoms. The minimum atomic E-state index is -1.05. The minimum Gasteiger partial charge on any atom is -0.480 e. The van der Waals surface area contributed by atoms with Gasteiger partial charge in [-0.05, 0) is 18.9 Å². The van der Waals surface area contributed by atoms with Gasteiger partial charge in [-0.1, -0.05) is 0 Å². The van der Waals surface area contributed by atoms with E-state index in [0.717, 1.165) is 25.0 Å². The number of non-ortho nitro benzene ring substituents is 1. The Bertz CT molecular complexity index is 502. The lowest BCUT2D eigenvalue weighted by Gasteiger charge is -2.22. The van der Waals surface area contributed by atoms with Gasteiger partial charge in [0, 0.05) is 17.8 Å². The largest absolute Gasteiger partial charge is 0.480 e. The van der Waals surface area contributed by atoms with Crippen LogP contribution < -0.4 is 4.90 Å². The highest BCUT2D eigenvalue weighted by Crippen LogP contribution is 2.33. The van der Waals surface area contributed by atoms with Gasteiger partial charge in [-0.15, -0.1) is 0 Å². The summed E-state index contributed by atoms with van der Waals surface area (Å²) in [6.45, 7) is -0.286. The van der Waals surface area contributed by atoms with Crippen molar-refractivity contribution < 1.29 is 19.2 Å². The SMILES string of the molecule is O=C(O)CN(c1cc(F)cc([N+](=O)[O-])c1)C1CC1. The first-order chi connectivity index (χ1) is 8.47. The fourth-order valence-electron chi connectivity index (χ4n) is 1.79. The first-order valence-corrected chi connectivity index (χ1v) is 5.41. The second-order valence-electron chi connectivity index (χ2n) is 4.18. The highest BCUT2D eigenvalue weighted by molar-refractivity contribution is 5.74. The Morgan fingerprint density at radius 3 is 2.67 bits per heavy atom. The molecule has 0 atom stereocenters. The van der Waals surface area contributed by atoms with E-state index in [4.69, 9.17) is 5.11 Å². The first kappa shape index (κ1) is 12.3. The van der Waals surface area contributed by atoms with Crippen LogP contribution in [0, 0.1) is 15.9 Å². The van der Waals surface area contributed by atoms with Crippen LogP contribution in [0.15, 0.2) is 18.2 Å². The molecule has 1 aromatic carbocycles. The highest BCUT2D eigenvalue weighted by atomic mass is 19.1. The summed E-state index contributed by atoms with van der Waals surface area (Å²) in [5.74, 6) is -1.79. The molecule has 6 nitrogen and oxygen atoms in total. The normalized spacial score (nSPS) is 14.3. The molecule has 0 radical (unpaired) electrons. The van der Waals surface area contributed by atoms with Crippen molar-refractivity contribution >= 4 is 17.3 Å². The highest BCUT2D eigenvalue weighted by Gasteiger charge is 2.31. The van der Waals surface area contributed by atoms with Gasteiger partial charge >= 0.3 is 5.97 Å². The van der Waals surface area contributed by atoms with E-state index in [2.05, 4.69) is 0 Å². The van der Waals surface area contributed by atoms with Crippen LogP contribution in [0.5, 0.6) is 0 Å². The van der Waals surface area contributed by atoms with Gasteiger partial charge in [0.1, 0.15) is 12.4 Å². The number of carbonyl (C=O) groups is 1. The van der Waals surface area contributed by atoms with Gasteiger partial charge in [0.15, 0.2) is 0 Å². The van der Waals surface area contributed by atoms with Gasteiger partial charge in [-0.3, -0.25) is 14.9 Å². The van der Waals surface area contributed by atoms with Crippen LogP contribution in [0.1, 0.15) is 12.8 Å². The monoisotopic (exact) mass is 254 g/mol. The molecule has 0 bridgehead atoms. The minimum absolute atomic E-state index is 0.0301. The molecule has 1 saturated carbocycles. The Morgan fingerprint density at radius 1 is 1.50 bits per heavy atom. The average molecular weight is 254 g/mol. The fourth-order valence-corrected chi connectivity index (χ4v) is 1.79. The van der Waals surface area contributed by atoms with E-state index in [1.165, 1.54) is 11.0 Å². The Hall–Kier alpha value is -2.18. The third-order valence-electron chi connectivity index (χ3n) is 2.70. The predicted octanol–water partition coefficient (Wildman–Crippen LogP) is 1.79. The molecule has 0 unspecified atom stereocenters. The fraction of sp³-hybridized carbons (Fsp3) is 0.364. The number of benzene rings is 1. The molecule has 0 aromatic heterocycles. The number of anilines is 1. The quantitative estimate of drug-likeness (QED) is 0.639. The molecule has 0 spiro atoms. The van der Waals surface area contributed by atoms with Crippen molar-refractivity contribution in [2.24, 2.45) is 0 Å². The van der Waals surface area contributed by atoms with Crippen molar-refractivity contribution in [2.75, 3.05) is 11.4 Å². The van der Waals surface area contributed by atoms with E-state index < -0.39 is 16.7 Å². The number of rotatable bonds is 5. The Kier molecular flexibility index (Phi) is 3.14. The maximum Gasteiger partial charge on any atom is 0.323 e. The number of hydrogen-bond donors (Lipinski definition) is 1. The van der Waals surface area contributed by atoms with Crippen molar-refractivity contribution in [2.45, 2.75) is 18.9 Å². The molecule has 0 aliphatic heterocycles. The molecule has 2 rings (SSSR count). The summed E-state index contributed by atoms with van der Waals surface area (Å²) in [5.41, 5.74) is -0.132. The number of nitrogens with zero attached hydrogens (tertiary/aromatic N) is 2. The van der Waals surface area contributed by atoms with Crippen LogP contribution in [-0.2, 0) is 4.79 Å². The standard InChI is InChI=1S/C11H11FN2O4/c12-7-3-9(5-10(4-7)14(17)18)13(6-11(15)16)8-1-2-8/h3-5,8H,1-2,6H2,(H,15,16). The number of nitro groups is 1.